The zero-order valence-corrected chi connectivity index (χ0v) is 15.5. The first-order valence-corrected chi connectivity index (χ1v) is 9.33. The third-order valence-corrected chi connectivity index (χ3v) is 5.17. The van der Waals surface area contributed by atoms with E-state index in [4.69, 9.17) is 4.74 Å². The van der Waals surface area contributed by atoms with Crippen LogP contribution < -0.4 is 10.1 Å². The fourth-order valence-electron chi connectivity index (χ4n) is 3.89. The molecular formula is C20H21FN4O3. The van der Waals surface area contributed by atoms with E-state index in [-0.39, 0.29) is 30.3 Å². The molecule has 3 heterocycles. The first kappa shape index (κ1) is 18.3. The molecule has 0 unspecified atom stereocenters. The van der Waals surface area contributed by atoms with Crippen molar-refractivity contribution in [2.75, 3.05) is 13.1 Å². The molecule has 1 N–H and O–H groups in total. The summed E-state index contributed by atoms with van der Waals surface area (Å²) < 4.78 is 20.1. The lowest BCUT2D eigenvalue weighted by Crippen LogP contribution is -2.47. The normalized spacial score (nSPS) is 20.6. The number of aromatic nitrogens is 2. The number of ether oxygens (including phenoxy) is 1. The molecule has 1 saturated heterocycles. The number of fused-ring (bicyclic) bond motifs is 1. The SMILES string of the molecule is CC(=O)N1CCC[C@H]1C(=O)NC[C@@H]1Cc2cc(F)cc(-c3cnccn3)c2O1. The van der Waals surface area contributed by atoms with Crippen LogP contribution in [0.5, 0.6) is 5.75 Å². The number of benzene rings is 1. The predicted octanol–water partition coefficient (Wildman–Crippen LogP) is 1.71. The van der Waals surface area contributed by atoms with E-state index >= 15 is 0 Å². The van der Waals surface area contributed by atoms with Crippen LogP contribution in [0.3, 0.4) is 0 Å². The second-order valence-corrected chi connectivity index (χ2v) is 7.09. The van der Waals surface area contributed by atoms with Gasteiger partial charge in [-0.25, -0.2) is 4.39 Å². The maximum absolute atomic E-state index is 14.1. The van der Waals surface area contributed by atoms with Gasteiger partial charge < -0.3 is 15.0 Å². The van der Waals surface area contributed by atoms with Crippen molar-refractivity contribution in [3.63, 3.8) is 0 Å². The van der Waals surface area contributed by atoms with Gasteiger partial charge in [0.05, 0.1) is 18.4 Å². The Labute approximate surface area is 161 Å². The lowest BCUT2D eigenvalue weighted by atomic mass is 10.0. The molecule has 2 aliphatic rings. The highest BCUT2D eigenvalue weighted by molar-refractivity contribution is 5.87. The highest BCUT2D eigenvalue weighted by Crippen LogP contribution is 2.38. The van der Waals surface area contributed by atoms with Crippen LogP contribution in [0.2, 0.25) is 0 Å². The van der Waals surface area contributed by atoms with Gasteiger partial charge in [-0.15, -0.1) is 0 Å². The molecule has 2 atom stereocenters. The fraction of sp³-hybridized carbons (Fsp3) is 0.400. The van der Waals surface area contributed by atoms with E-state index in [2.05, 4.69) is 15.3 Å². The van der Waals surface area contributed by atoms with Crippen LogP contribution >= 0.6 is 0 Å². The van der Waals surface area contributed by atoms with Crippen LogP contribution in [0.4, 0.5) is 4.39 Å². The standard InChI is InChI=1S/C20H21FN4O3/c1-12(26)25-6-2-3-18(25)20(27)24-10-15-8-13-7-14(21)9-16(19(13)28-15)17-11-22-4-5-23-17/h4-5,7,9,11,15,18H,2-3,6,8,10H2,1H3,(H,24,27)/t15-,18-/m0/s1. The van der Waals surface area contributed by atoms with Crippen LogP contribution in [0.25, 0.3) is 11.3 Å². The molecule has 1 fully saturated rings. The maximum atomic E-state index is 14.1. The first-order valence-electron chi connectivity index (χ1n) is 9.33. The number of amides is 2. The molecule has 1 aromatic heterocycles. The second-order valence-electron chi connectivity index (χ2n) is 7.09. The van der Waals surface area contributed by atoms with Gasteiger partial charge >= 0.3 is 0 Å². The molecule has 7 nitrogen and oxygen atoms in total. The predicted molar refractivity (Wildman–Crippen MR) is 99.0 cm³/mol. The summed E-state index contributed by atoms with van der Waals surface area (Å²) in [4.78, 5) is 34.0. The molecule has 2 aliphatic heterocycles. The van der Waals surface area contributed by atoms with Gasteiger partial charge in [-0.3, -0.25) is 19.6 Å². The van der Waals surface area contributed by atoms with Gasteiger partial charge in [-0.1, -0.05) is 0 Å². The largest absolute Gasteiger partial charge is 0.487 e. The van der Waals surface area contributed by atoms with Gasteiger partial charge in [0.25, 0.3) is 0 Å². The Balaban J connectivity index is 1.44. The molecule has 146 valence electrons. The van der Waals surface area contributed by atoms with Gasteiger partial charge in [0.1, 0.15) is 23.7 Å². The topological polar surface area (TPSA) is 84.4 Å². The lowest BCUT2D eigenvalue weighted by molar-refractivity contribution is -0.137. The molecule has 4 rings (SSSR count). The number of carbonyl (C=O) groups excluding carboxylic acids is 2. The average molecular weight is 384 g/mol. The molecular weight excluding hydrogens is 363 g/mol. The molecule has 0 spiro atoms. The Bertz CT molecular complexity index is 906. The molecule has 2 amide bonds. The van der Waals surface area contributed by atoms with E-state index in [0.717, 1.165) is 12.0 Å². The third-order valence-electron chi connectivity index (χ3n) is 5.17. The van der Waals surface area contributed by atoms with Crippen LogP contribution in [0.1, 0.15) is 25.3 Å². The number of nitrogens with one attached hydrogen (secondary N) is 1. The smallest absolute Gasteiger partial charge is 0.242 e. The quantitative estimate of drug-likeness (QED) is 0.868. The summed E-state index contributed by atoms with van der Waals surface area (Å²) in [5, 5.41) is 2.88. The Morgan fingerprint density at radius 1 is 1.36 bits per heavy atom. The van der Waals surface area contributed by atoms with Crippen molar-refractivity contribution in [3.8, 4) is 17.0 Å². The van der Waals surface area contributed by atoms with Crippen LogP contribution in [0, 0.1) is 5.82 Å². The van der Waals surface area contributed by atoms with E-state index in [1.165, 1.54) is 19.1 Å². The Morgan fingerprint density at radius 3 is 2.96 bits per heavy atom. The van der Waals surface area contributed by atoms with E-state index in [0.29, 0.717) is 36.4 Å². The number of likely N-dealkylation sites (tertiary alicyclic amines) is 1. The number of rotatable bonds is 4. The molecule has 0 bridgehead atoms. The molecule has 0 radical (unpaired) electrons. The fourth-order valence-corrected chi connectivity index (χ4v) is 3.89. The van der Waals surface area contributed by atoms with Gasteiger partial charge in [-0.05, 0) is 25.0 Å². The number of hydrogen-bond acceptors (Lipinski definition) is 5. The van der Waals surface area contributed by atoms with E-state index < -0.39 is 6.04 Å². The van der Waals surface area contributed by atoms with E-state index in [1.807, 2.05) is 0 Å². The summed E-state index contributed by atoms with van der Waals surface area (Å²) in [6.07, 6.45) is 6.33. The number of halogens is 1. The minimum absolute atomic E-state index is 0.0914. The summed E-state index contributed by atoms with van der Waals surface area (Å²) in [5.41, 5.74) is 1.83. The second kappa shape index (κ2) is 7.53. The van der Waals surface area contributed by atoms with Gasteiger partial charge in [0.15, 0.2) is 0 Å². The van der Waals surface area contributed by atoms with Crippen molar-refractivity contribution >= 4 is 11.8 Å². The lowest BCUT2D eigenvalue weighted by Gasteiger charge is -2.23. The van der Waals surface area contributed by atoms with Crippen molar-refractivity contribution in [2.24, 2.45) is 0 Å². The summed E-state index contributed by atoms with van der Waals surface area (Å²) in [7, 11) is 0. The zero-order valence-electron chi connectivity index (χ0n) is 15.5. The molecule has 8 heteroatoms. The first-order chi connectivity index (χ1) is 13.5. The third kappa shape index (κ3) is 3.54. The number of carbonyl (C=O) groups is 2. The minimum Gasteiger partial charge on any atom is -0.487 e. The van der Waals surface area contributed by atoms with Crippen molar-refractivity contribution in [1.29, 1.82) is 0 Å². The Hall–Kier alpha value is -3.03. The van der Waals surface area contributed by atoms with Crippen LogP contribution in [0.15, 0.2) is 30.7 Å². The monoisotopic (exact) mass is 384 g/mol. The average Bonchev–Trinajstić information content (AvgIpc) is 3.33. The van der Waals surface area contributed by atoms with Gasteiger partial charge in [-0.2, -0.15) is 0 Å². The minimum atomic E-state index is -0.422. The summed E-state index contributed by atoms with van der Waals surface area (Å²) in [6.45, 7) is 2.38. The van der Waals surface area contributed by atoms with E-state index in [9.17, 15) is 14.0 Å². The Kier molecular flexibility index (Phi) is 4.93. The molecule has 2 aromatic rings. The maximum Gasteiger partial charge on any atom is 0.242 e. The molecule has 1 aromatic carbocycles. The van der Waals surface area contributed by atoms with Crippen LogP contribution in [-0.2, 0) is 16.0 Å². The van der Waals surface area contributed by atoms with Gasteiger partial charge in [0, 0.05) is 43.4 Å². The van der Waals surface area contributed by atoms with Crippen molar-refractivity contribution in [2.45, 2.75) is 38.3 Å². The van der Waals surface area contributed by atoms with Crippen molar-refractivity contribution in [3.05, 3.63) is 42.1 Å². The summed E-state index contributed by atoms with van der Waals surface area (Å²) >= 11 is 0. The van der Waals surface area contributed by atoms with Crippen molar-refractivity contribution in [1.82, 2.24) is 20.2 Å². The number of hydrogen-bond donors (Lipinski definition) is 1. The highest BCUT2D eigenvalue weighted by atomic mass is 19.1. The number of nitrogens with zero attached hydrogens (tertiary/aromatic N) is 3. The zero-order chi connectivity index (χ0) is 19.7. The summed E-state index contributed by atoms with van der Waals surface area (Å²) in [5.74, 6) is -0.0537. The Morgan fingerprint density at radius 2 is 2.21 bits per heavy atom. The summed E-state index contributed by atoms with van der Waals surface area (Å²) in [6, 6.07) is 2.41. The van der Waals surface area contributed by atoms with Gasteiger partial charge in [0.2, 0.25) is 11.8 Å². The molecule has 0 saturated carbocycles. The van der Waals surface area contributed by atoms with Crippen molar-refractivity contribution < 1.29 is 18.7 Å². The van der Waals surface area contributed by atoms with Crippen LogP contribution in [-0.4, -0.2) is 51.9 Å². The highest BCUT2D eigenvalue weighted by Gasteiger charge is 2.33. The molecule has 0 aliphatic carbocycles. The van der Waals surface area contributed by atoms with E-state index in [1.54, 1.807) is 23.5 Å². The molecule has 28 heavy (non-hydrogen) atoms.